The predicted octanol–water partition coefficient (Wildman–Crippen LogP) is 4.73. The average molecular weight is 371 g/mol. The first-order valence-electron chi connectivity index (χ1n) is 7.00. The summed E-state index contributed by atoms with van der Waals surface area (Å²) in [7, 11) is 1.64. The van der Waals surface area contributed by atoms with Crippen molar-refractivity contribution < 1.29 is 4.74 Å². The van der Waals surface area contributed by atoms with Crippen LogP contribution in [0.25, 0.3) is 0 Å². The van der Waals surface area contributed by atoms with Gasteiger partial charge in [0.15, 0.2) is 0 Å². The summed E-state index contributed by atoms with van der Waals surface area (Å²) in [5.41, 5.74) is 1.82. The van der Waals surface area contributed by atoms with E-state index >= 15 is 0 Å². The van der Waals surface area contributed by atoms with Crippen molar-refractivity contribution in [1.29, 1.82) is 0 Å². The normalized spacial score (nSPS) is 10.2. The zero-order chi connectivity index (χ0) is 16.1. The number of aromatic nitrogens is 2. The van der Waals surface area contributed by atoms with Gasteiger partial charge >= 0.3 is 0 Å². The monoisotopic (exact) mass is 370 g/mol. The molecule has 0 aliphatic heterocycles. The minimum Gasteiger partial charge on any atom is -0.497 e. The summed E-state index contributed by atoms with van der Waals surface area (Å²) in [6.45, 7) is 0. The van der Waals surface area contributed by atoms with Crippen LogP contribution in [-0.2, 0) is 0 Å². The van der Waals surface area contributed by atoms with Crippen LogP contribution in [0.1, 0.15) is 0 Å². The van der Waals surface area contributed by atoms with Crippen LogP contribution in [0.5, 0.6) is 5.75 Å². The second-order valence-corrected chi connectivity index (χ2v) is 5.67. The molecule has 0 saturated heterocycles. The number of ether oxygens (including phenoxy) is 1. The Kier molecular flexibility index (Phi) is 4.73. The zero-order valence-electron chi connectivity index (χ0n) is 12.5. The third-order valence-corrected chi connectivity index (χ3v) is 3.63. The quantitative estimate of drug-likeness (QED) is 0.679. The fourth-order valence-corrected chi connectivity index (χ4v) is 2.26. The molecule has 0 bridgehead atoms. The smallest absolute Gasteiger partial charge is 0.229 e. The van der Waals surface area contributed by atoms with Gasteiger partial charge in [0.25, 0.3) is 0 Å². The second kappa shape index (κ2) is 7.11. The molecule has 0 radical (unpaired) electrons. The first kappa shape index (κ1) is 15.3. The standard InChI is InChI=1S/C17H15BrN4O/c1-23-15-4-2-3-14(11-15)21-17-19-10-9-16(22-17)20-13-7-5-12(18)6-8-13/h2-11H,1H3,(H2,19,20,21,22). The second-order valence-electron chi connectivity index (χ2n) is 4.75. The fraction of sp³-hybridized carbons (Fsp3) is 0.0588. The van der Waals surface area contributed by atoms with Crippen molar-refractivity contribution in [2.75, 3.05) is 17.7 Å². The minimum absolute atomic E-state index is 0.514. The Hall–Kier alpha value is -2.60. The number of nitrogens with zero attached hydrogens (tertiary/aromatic N) is 2. The van der Waals surface area contributed by atoms with Gasteiger partial charge < -0.3 is 15.4 Å². The maximum atomic E-state index is 5.21. The summed E-state index contributed by atoms with van der Waals surface area (Å²) in [5, 5.41) is 6.41. The number of nitrogens with one attached hydrogen (secondary N) is 2. The lowest BCUT2D eigenvalue weighted by molar-refractivity contribution is 0.415. The van der Waals surface area contributed by atoms with Gasteiger partial charge in [-0.1, -0.05) is 22.0 Å². The molecule has 3 rings (SSSR count). The van der Waals surface area contributed by atoms with Crippen LogP contribution in [0, 0.1) is 0 Å². The van der Waals surface area contributed by atoms with Crippen molar-refractivity contribution >= 4 is 39.1 Å². The Morgan fingerprint density at radius 3 is 2.57 bits per heavy atom. The highest BCUT2D eigenvalue weighted by Gasteiger charge is 2.02. The van der Waals surface area contributed by atoms with Crippen LogP contribution >= 0.6 is 15.9 Å². The van der Waals surface area contributed by atoms with Gasteiger partial charge in [-0.25, -0.2) is 4.98 Å². The molecule has 3 aromatic rings. The molecule has 0 spiro atoms. The van der Waals surface area contributed by atoms with E-state index in [2.05, 4.69) is 36.5 Å². The van der Waals surface area contributed by atoms with Crippen LogP contribution in [-0.4, -0.2) is 17.1 Å². The Balaban J connectivity index is 1.75. The Morgan fingerprint density at radius 1 is 0.957 bits per heavy atom. The van der Waals surface area contributed by atoms with E-state index in [-0.39, 0.29) is 0 Å². The SMILES string of the molecule is COc1cccc(Nc2nccc(Nc3ccc(Br)cc3)n2)c1. The van der Waals surface area contributed by atoms with E-state index in [4.69, 9.17) is 4.74 Å². The molecule has 0 atom stereocenters. The van der Waals surface area contributed by atoms with Crippen molar-refractivity contribution in [2.45, 2.75) is 0 Å². The van der Waals surface area contributed by atoms with Gasteiger partial charge in [-0.15, -0.1) is 0 Å². The molecule has 1 heterocycles. The molecule has 0 unspecified atom stereocenters. The van der Waals surface area contributed by atoms with E-state index < -0.39 is 0 Å². The van der Waals surface area contributed by atoms with Gasteiger partial charge in [0.1, 0.15) is 11.6 Å². The van der Waals surface area contributed by atoms with E-state index in [1.165, 1.54) is 0 Å². The van der Waals surface area contributed by atoms with E-state index in [9.17, 15) is 0 Å². The molecule has 6 heteroatoms. The largest absolute Gasteiger partial charge is 0.497 e. The molecule has 2 aromatic carbocycles. The summed E-state index contributed by atoms with van der Waals surface area (Å²) >= 11 is 3.42. The van der Waals surface area contributed by atoms with E-state index in [1.54, 1.807) is 13.3 Å². The number of methoxy groups -OCH3 is 1. The summed E-state index contributed by atoms with van der Waals surface area (Å²) in [5.74, 6) is 2.01. The molecular weight excluding hydrogens is 356 g/mol. The lowest BCUT2D eigenvalue weighted by Gasteiger charge is -2.09. The summed E-state index contributed by atoms with van der Waals surface area (Å²) in [6.07, 6.45) is 1.71. The summed E-state index contributed by atoms with van der Waals surface area (Å²) in [6, 6.07) is 17.3. The number of anilines is 4. The minimum atomic E-state index is 0.514. The number of halogens is 1. The van der Waals surface area contributed by atoms with E-state index in [0.29, 0.717) is 11.8 Å². The lowest BCUT2D eigenvalue weighted by atomic mass is 10.3. The Bertz CT molecular complexity index is 793. The third kappa shape index (κ3) is 4.20. The first-order chi connectivity index (χ1) is 11.2. The highest BCUT2D eigenvalue weighted by Crippen LogP contribution is 2.21. The van der Waals surface area contributed by atoms with Crippen LogP contribution in [0.2, 0.25) is 0 Å². The Labute approximate surface area is 142 Å². The first-order valence-corrected chi connectivity index (χ1v) is 7.79. The van der Waals surface area contributed by atoms with Crippen molar-refractivity contribution in [3.8, 4) is 5.75 Å². The van der Waals surface area contributed by atoms with Gasteiger partial charge in [0.2, 0.25) is 5.95 Å². The highest BCUT2D eigenvalue weighted by molar-refractivity contribution is 9.10. The van der Waals surface area contributed by atoms with E-state index in [0.717, 1.165) is 21.6 Å². The molecule has 0 amide bonds. The van der Waals surface area contributed by atoms with Gasteiger partial charge in [-0.3, -0.25) is 0 Å². The molecular formula is C17H15BrN4O. The fourth-order valence-electron chi connectivity index (χ4n) is 2.00. The molecule has 0 fully saturated rings. The number of hydrogen-bond donors (Lipinski definition) is 2. The van der Waals surface area contributed by atoms with Crippen molar-refractivity contribution in [3.63, 3.8) is 0 Å². The molecule has 5 nitrogen and oxygen atoms in total. The van der Waals surface area contributed by atoms with Crippen LogP contribution in [0.4, 0.5) is 23.1 Å². The highest BCUT2D eigenvalue weighted by atomic mass is 79.9. The lowest BCUT2D eigenvalue weighted by Crippen LogP contribution is -2.00. The van der Waals surface area contributed by atoms with Gasteiger partial charge in [-0.05, 0) is 42.5 Å². The summed E-state index contributed by atoms with van der Waals surface area (Å²) < 4.78 is 6.24. The third-order valence-electron chi connectivity index (χ3n) is 3.10. The maximum absolute atomic E-state index is 5.21. The topological polar surface area (TPSA) is 59.1 Å². The van der Waals surface area contributed by atoms with Crippen molar-refractivity contribution in [2.24, 2.45) is 0 Å². The molecule has 116 valence electrons. The maximum Gasteiger partial charge on any atom is 0.229 e. The molecule has 0 saturated carbocycles. The van der Waals surface area contributed by atoms with Crippen molar-refractivity contribution in [1.82, 2.24) is 9.97 Å². The average Bonchev–Trinajstić information content (AvgIpc) is 2.57. The van der Waals surface area contributed by atoms with Crippen LogP contribution in [0.15, 0.2) is 65.3 Å². The molecule has 0 aliphatic carbocycles. The molecule has 2 N–H and O–H groups in total. The predicted molar refractivity (Wildman–Crippen MR) is 95.7 cm³/mol. The van der Waals surface area contributed by atoms with Crippen LogP contribution in [0.3, 0.4) is 0 Å². The molecule has 0 aliphatic rings. The summed E-state index contributed by atoms with van der Waals surface area (Å²) in [4.78, 5) is 8.69. The van der Waals surface area contributed by atoms with Gasteiger partial charge in [0, 0.05) is 28.1 Å². The Morgan fingerprint density at radius 2 is 1.78 bits per heavy atom. The van der Waals surface area contributed by atoms with E-state index in [1.807, 2.05) is 54.6 Å². The van der Waals surface area contributed by atoms with Crippen LogP contribution < -0.4 is 15.4 Å². The van der Waals surface area contributed by atoms with Gasteiger partial charge in [0.05, 0.1) is 7.11 Å². The number of rotatable bonds is 5. The molecule has 23 heavy (non-hydrogen) atoms. The number of hydrogen-bond acceptors (Lipinski definition) is 5. The van der Waals surface area contributed by atoms with Gasteiger partial charge in [-0.2, -0.15) is 4.98 Å². The zero-order valence-corrected chi connectivity index (χ0v) is 14.0. The number of benzene rings is 2. The van der Waals surface area contributed by atoms with Crippen molar-refractivity contribution in [3.05, 3.63) is 65.3 Å². The molecule has 1 aromatic heterocycles.